The summed E-state index contributed by atoms with van der Waals surface area (Å²) in [6.07, 6.45) is 7.26. The number of ether oxygens (including phenoxy) is 1. The van der Waals surface area contributed by atoms with Crippen LogP contribution in [0.2, 0.25) is 0 Å². The molecule has 0 aromatic rings. The molecule has 0 aromatic carbocycles. The number of hydrogen-bond acceptors (Lipinski definition) is 2. The molecular formula is C11H22OS. The van der Waals surface area contributed by atoms with Gasteiger partial charge in [0.15, 0.2) is 0 Å². The highest BCUT2D eigenvalue weighted by Crippen LogP contribution is 2.26. The highest BCUT2D eigenvalue weighted by molar-refractivity contribution is 8.00. The van der Waals surface area contributed by atoms with Gasteiger partial charge in [0.05, 0.1) is 12.0 Å². The predicted molar refractivity (Wildman–Crippen MR) is 60.2 cm³/mol. The van der Waals surface area contributed by atoms with E-state index in [4.69, 9.17) is 4.74 Å². The lowest BCUT2D eigenvalue weighted by Crippen LogP contribution is -2.18. The van der Waals surface area contributed by atoms with Crippen LogP contribution in [0.3, 0.4) is 0 Å². The minimum atomic E-state index is 0.342. The third-order valence-electron chi connectivity index (χ3n) is 2.35. The summed E-state index contributed by atoms with van der Waals surface area (Å²) in [4.78, 5) is 0. The second-order valence-electron chi connectivity index (χ2n) is 4.80. The molecule has 1 aliphatic rings. The third-order valence-corrected chi connectivity index (χ3v) is 3.47. The van der Waals surface area contributed by atoms with Gasteiger partial charge in [-0.15, -0.1) is 11.8 Å². The summed E-state index contributed by atoms with van der Waals surface area (Å²) in [6.45, 7) is 6.71. The summed E-state index contributed by atoms with van der Waals surface area (Å²) >= 11 is 1.90. The topological polar surface area (TPSA) is 9.23 Å². The smallest absolute Gasteiger partial charge is 0.0929 e. The molecule has 0 saturated heterocycles. The molecule has 13 heavy (non-hydrogen) atoms. The fourth-order valence-corrected chi connectivity index (χ4v) is 2.15. The van der Waals surface area contributed by atoms with E-state index in [1.807, 2.05) is 11.8 Å². The fourth-order valence-electron chi connectivity index (χ4n) is 1.54. The van der Waals surface area contributed by atoms with E-state index in [0.29, 0.717) is 10.9 Å². The molecule has 0 unspecified atom stereocenters. The van der Waals surface area contributed by atoms with Gasteiger partial charge in [-0.3, -0.25) is 0 Å². The van der Waals surface area contributed by atoms with Crippen LogP contribution in [0.5, 0.6) is 0 Å². The zero-order chi connectivity index (χ0) is 9.73. The second kappa shape index (κ2) is 5.26. The van der Waals surface area contributed by atoms with Crippen LogP contribution in [0.15, 0.2) is 0 Å². The number of hydrogen-bond donors (Lipinski definition) is 0. The van der Waals surface area contributed by atoms with E-state index < -0.39 is 0 Å². The molecule has 0 heterocycles. The summed E-state index contributed by atoms with van der Waals surface area (Å²) in [5.74, 6) is 0.869. The van der Waals surface area contributed by atoms with Crippen LogP contribution in [-0.2, 0) is 4.74 Å². The quantitative estimate of drug-likeness (QED) is 0.643. The molecular weight excluding hydrogens is 180 g/mol. The predicted octanol–water partition coefficient (Wildman–Crippen LogP) is 3.82. The molecule has 0 aromatic heterocycles. The number of rotatable bonds is 3. The molecule has 1 rings (SSSR count). The van der Waals surface area contributed by atoms with Crippen molar-refractivity contribution in [2.75, 3.05) is 5.94 Å². The molecule has 78 valence electrons. The van der Waals surface area contributed by atoms with E-state index in [-0.39, 0.29) is 0 Å². The van der Waals surface area contributed by atoms with Gasteiger partial charge in [0.25, 0.3) is 0 Å². The SMILES string of the molecule is CC(C)(C)SCOC1CCCCC1. The van der Waals surface area contributed by atoms with Crippen molar-refractivity contribution in [1.29, 1.82) is 0 Å². The van der Waals surface area contributed by atoms with Gasteiger partial charge >= 0.3 is 0 Å². The van der Waals surface area contributed by atoms with Crippen molar-refractivity contribution in [1.82, 2.24) is 0 Å². The summed E-state index contributed by atoms with van der Waals surface area (Å²) in [5.41, 5.74) is 0. The second-order valence-corrected chi connectivity index (χ2v) is 6.55. The zero-order valence-electron chi connectivity index (χ0n) is 9.14. The Bertz CT molecular complexity index is 134. The molecule has 0 atom stereocenters. The Hall–Kier alpha value is 0.310. The summed E-state index contributed by atoms with van der Waals surface area (Å²) in [6, 6.07) is 0. The first-order valence-corrected chi connectivity index (χ1v) is 6.32. The maximum absolute atomic E-state index is 5.82. The van der Waals surface area contributed by atoms with Gasteiger partial charge in [-0.2, -0.15) is 0 Å². The average molecular weight is 202 g/mol. The van der Waals surface area contributed by atoms with Crippen molar-refractivity contribution >= 4 is 11.8 Å². The van der Waals surface area contributed by atoms with Crippen LogP contribution < -0.4 is 0 Å². The molecule has 2 heteroatoms. The molecule has 1 nitrogen and oxygen atoms in total. The summed E-state index contributed by atoms with van der Waals surface area (Å²) in [5, 5.41) is 0. The molecule has 0 spiro atoms. The molecule has 1 aliphatic carbocycles. The standard InChI is InChI=1S/C11H22OS/c1-11(2,3)13-9-12-10-7-5-4-6-8-10/h10H,4-9H2,1-3H3. The van der Waals surface area contributed by atoms with E-state index in [0.717, 1.165) is 5.94 Å². The maximum Gasteiger partial charge on any atom is 0.0929 e. The number of thioether (sulfide) groups is 1. The zero-order valence-corrected chi connectivity index (χ0v) is 9.95. The van der Waals surface area contributed by atoms with Crippen LogP contribution in [-0.4, -0.2) is 16.8 Å². The maximum atomic E-state index is 5.82. The molecule has 0 aliphatic heterocycles. The van der Waals surface area contributed by atoms with Crippen LogP contribution in [0, 0.1) is 0 Å². The molecule has 0 bridgehead atoms. The lowest BCUT2D eigenvalue weighted by Gasteiger charge is -2.24. The van der Waals surface area contributed by atoms with Crippen molar-refractivity contribution in [3.8, 4) is 0 Å². The van der Waals surface area contributed by atoms with E-state index >= 15 is 0 Å². The molecule has 0 N–H and O–H groups in total. The van der Waals surface area contributed by atoms with Gasteiger partial charge in [0, 0.05) is 4.75 Å². The van der Waals surface area contributed by atoms with E-state index in [2.05, 4.69) is 20.8 Å². The molecule has 1 saturated carbocycles. The summed E-state index contributed by atoms with van der Waals surface area (Å²) < 4.78 is 6.16. The first-order valence-electron chi connectivity index (χ1n) is 5.33. The average Bonchev–Trinajstić information content (AvgIpc) is 2.04. The van der Waals surface area contributed by atoms with Crippen molar-refractivity contribution in [2.45, 2.75) is 63.7 Å². The normalized spacial score (nSPS) is 20.5. The van der Waals surface area contributed by atoms with Crippen molar-refractivity contribution in [2.24, 2.45) is 0 Å². The lowest BCUT2D eigenvalue weighted by molar-refractivity contribution is 0.0599. The van der Waals surface area contributed by atoms with Gasteiger partial charge in [-0.05, 0) is 12.8 Å². The largest absolute Gasteiger partial charge is 0.368 e. The van der Waals surface area contributed by atoms with E-state index in [1.54, 1.807) is 0 Å². The summed E-state index contributed by atoms with van der Waals surface area (Å²) in [7, 11) is 0. The van der Waals surface area contributed by atoms with Crippen LogP contribution in [0.25, 0.3) is 0 Å². The Morgan fingerprint density at radius 1 is 1.15 bits per heavy atom. The fraction of sp³-hybridized carbons (Fsp3) is 1.00. The van der Waals surface area contributed by atoms with Crippen molar-refractivity contribution < 1.29 is 4.74 Å². The Kier molecular flexibility index (Phi) is 4.60. The van der Waals surface area contributed by atoms with E-state index in [9.17, 15) is 0 Å². The Labute approximate surface area is 86.6 Å². The van der Waals surface area contributed by atoms with Gasteiger partial charge in [0.2, 0.25) is 0 Å². The third kappa shape index (κ3) is 5.58. The molecule has 0 radical (unpaired) electrons. The lowest BCUT2D eigenvalue weighted by atomic mass is 9.98. The van der Waals surface area contributed by atoms with Crippen LogP contribution in [0.4, 0.5) is 0 Å². The molecule has 1 fully saturated rings. The van der Waals surface area contributed by atoms with Crippen LogP contribution in [0.1, 0.15) is 52.9 Å². The molecule has 0 amide bonds. The first-order chi connectivity index (χ1) is 6.08. The first kappa shape index (κ1) is 11.4. The van der Waals surface area contributed by atoms with Crippen LogP contribution >= 0.6 is 11.8 Å². The highest BCUT2D eigenvalue weighted by atomic mass is 32.2. The van der Waals surface area contributed by atoms with E-state index in [1.165, 1.54) is 32.1 Å². The van der Waals surface area contributed by atoms with Crippen molar-refractivity contribution in [3.63, 3.8) is 0 Å². The Balaban J connectivity index is 2.04. The Morgan fingerprint density at radius 3 is 2.31 bits per heavy atom. The Morgan fingerprint density at radius 2 is 1.77 bits per heavy atom. The highest BCUT2D eigenvalue weighted by Gasteiger charge is 2.15. The van der Waals surface area contributed by atoms with Gasteiger partial charge < -0.3 is 4.74 Å². The van der Waals surface area contributed by atoms with Crippen molar-refractivity contribution in [3.05, 3.63) is 0 Å². The van der Waals surface area contributed by atoms with Gasteiger partial charge in [-0.1, -0.05) is 40.0 Å². The monoisotopic (exact) mass is 202 g/mol. The van der Waals surface area contributed by atoms with Gasteiger partial charge in [0.1, 0.15) is 0 Å². The van der Waals surface area contributed by atoms with Gasteiger partial charge in [-0.25, -0.2) is 0 Å². The minimum absolute atomic E-state index is 0.342. The minimum Gasteiger partial charge on any atom is -0.368 e.